The summed E-state index contributed by atoms with van der Waals surface area (Å²) in [4.78, 5) is 19.6. The number of benzene rings is 3. The molecule has 1 aromatic heterocycles. The van der Waals surface area contributed by atoms with E-state index in [0.717, 1.165) is 24.3 Å². The number of anilines is 2. The lowest BCUT2D eigenvalue weighted by Gasteiger charge is -2.26. The largest absolute Gasteiger partial charge is 0.497 e. The Morgan fingerprint density at radius 3 is 2.23 bits per heavy atom. The van der Waals surface area contributed by atoms with Gasteiger partial charge in [0.2, 0.25) is 0 Å². The third-order valence-corrected chi connectivity index (χ3v) is 7.29. The van der Waals surface area contributed by atoms with Gasteiger partial charge in [0.1, 0.15) is 23.1 Å². The summed E-state index contributed by atoms with van der Waals surface area (Å²) in [6, 6.07) is 14.6. The van der Waals surface area contributed by atoms with Crippen molar-refractivity contribution in [2.45, 2.75) is 31.8 Å². The van der Waals surface area contributed by atoms with E-state index >= 15 is 0 Å². The molecule has 0 saturated heterocycles. The van der Waals surface area contributed by atoms with Crippen molar-refractivity contribution in [1.82, 2.24) is 9.88 Å². The Labute approximate surface area is 243 Å². The summed E-state index contributed by atoms with van der Waals surface area (Å²) >= 11 is 0. The Morgan fingerprint density at radius 1 is 0.953 bits per heavy atom. The van der Waals surface area contributed by atoms with Gasteiger partial charge in [0, 0.05) is 17.3 Å². The molecule has 12 heteroatoms. The lowest BCUT2D eigenvalue weighted by atomic mass is 9.95. The fourth-order valence-corrected chi connectivity index (χ4v) is 4.84. The first-order valence-electron chi connectivity index (χ1n) is 13.0. The first-order chi connectivity index (χ1) is 20.3. The van der Waals surface area contributed by atoms with E-state index in [9.17, 15) is 31.9 Å². The van der Waals surface area contributed by atoms with Gasteiger partial charge in [-0.05, 0) is 55.0 Å². The molecule has 1 aliphatic heterocycles. The molecule has 0 radical (unpaired) electrons. The minimum atomic E-state index is -4.91. The van der Waals surface area contributed by atoms with Crippen LogP contribution in [-0.2, 0) is 18.7 Å². The van der Waals surface area contributed by atoms with E-state index < -0.39 is 40.4 Å². The summed E-state index contributed by atoms with van der Waals surface area (Å²) in [5, 5.41) is 13.0. The van der Waals surface area contributed by atoms with Gasteiger partial charge in [-0.1, -0.05) is 18.2 Å². The number of amides is 1. The minimum Gasteiger partial charge on any atom is -0.497 e. The summed E-state index contributed by atoms with van der Waals surface area (Å²) in [5.41, 5.74) is -2.49. The highest BCUT2D eigenvalue weighted by molar-refractivity contribution is 6.04. The van der Waals surface area contributed by atoms with Crippen LogP contribution in [0.25, 0.3) is 11.3 Å². The second kappa shape index (κ2) is 11.2. The first-order valence-corrected chi connectivity index (χ1v) is 13.0. The molecule has 2 heterocycles. The number of rotatable bonds is 8. The van der Waals surface area contributed by atoms with Crippen LogP contribution in [0.3, 0.4) is 0 Å². The molecule has 0 fully saturated rings. The fraction of sp³-hybridized carbons (Fsp3) is 0.226. The highest BCUT2D eigenvalue weighted by Gasteiger charge is 2.51. The fourth-order valence-electron chi connectivity index (χ4n) is 4.84. The number of pyridine rings is 1. The Bertz CT molecular complexity index is 1670. The van der Waals surface area contributed by atoms with Gasteiger partial charge in [0.05, 0.1) is 55.5 Å². The number of carbonyl (C=O) groups is 1. The smallest absolute Gasteiger partial charge is 0.421 e. The zero-order valence-electron chi connectivity index (χ0n) is 23.2. The molecule has 5 rings (SSSR count). The number of aliphatic hydroxyl groups is 1. The molecule has 0 aliphatic carbocycles. The van der Waals surface area contributed by atoms with E-state index in [1.165, 1.54) is 43.4 Å². The molecule has 2 N–H and O–H groups in total. The maximum Gasteiger partial charge on any atom is 0.421 e. The highest BCUT2D eigenvalue weighted by Crippen LogP contribution is 2.40. The Balaban J connectivity index is 1.54. The normalized spacial score (nSPS) is 14.3. The summed E-state index contributed by atoms with van der Waals surface area (Å²) in [6.45, 7) is 0.771. The lowest BCUT2D eigenvalue weighted by molar-refractivity contribution is -0.258. The van der Waals surface area contributed by atoms with Crippen molar-refractivity contribution >= 4 is 17.3 Å². The maximum atomic E-state index is 14.8. The zero-order valence-corrected chi connectivity index (χ0v) is 23.2. The van der Waals surface area contributed by atoms with Crippen LogP contribution in [0, 0.1) is 11.6 Å². The van der Waals surface area contributed by atoms with Gasteiger partial charge >= 0.3 is 6.18 Å². The number of nitrogens with one attached hydrogen (secondary N) is 1. The summed E-state index contributed by atoms with van der Waals surface area (Å²) in [6.07, 6.45) is -4.91. The minimum absolute atomic E-state index is 0.00926. The van der Waals surface area contributed by atoms with Crippen LogP contribution in [-0.4, -0.2) is 41.3 Å². The third-order valence-electron chi connectivity index (χ3n) is 7.29. The molecule has 1 unspecified atom stereocenters. The van der Waals surface area contributed by atoms with Crippen molar-refractivity contribution in [2.24, 2.45) is 0 Å². The van der Waals surface area contributed by atoms with E-state index in [2.05, 4.69) is 10.3 Å². The van der Waals surface area contributed by atoms with Crippen molar-refractivity contribution in [1.29, 1.82) is 0 Å². The summed E-state index contributed by atoms with van der Waals surface area (Å²) in [7, 11) is 2.99. The summed E-state index contributed by atoms with van der Waals surface area (Å²) in [5.74, 6) is -1.11. The molecule has 1 atom stereocenters. The number of nitrogens with zero attached hydrogens (tertiary/aromatic N) is 2. The van der Waals surface area contributed by atoms with Crippen molar-refractivity contribution in [3.05, 3.63) is 101 Å². The summed E-state index contributed by atoms with van der Waals surface area (Å²) < 4.78 is 80.2. The number of halogens is 5. The quantitative estimate of drug-likeness (QED) is 0.219. The van der Waals surface area contributed by atoms with Crippen LogP contribution in [0.15, 0.2) is 66.7 Å². The van der Waals surface area contributed by atoms with Crippen molar-refractivity contribution < 1.29 is 41.3 Å². The van der Waals surface area contributed by atoms with E-state index in [4.69, 9.17) is 9.47 Å². The molecule has 0 spiro atoms. The van der Waals surface area contributed by atoms with E-state index in [1.807, 2.05) is 0 Å². The molecule has 43 heavy (non-hydrogen) atoms. The average Bonchev–Trinajstić information content (AvgIpc) is 3.27. The van der Waals surface area contributed by atoms with E-state index in [0.29, 0.717) is 24.0 Å². The lowest BCUT2D eigenvalue weighted by Crippen LogP contribution is -2.39. The Morgan fingerprint density at radius 2 is 1.63 bits per heavy atom. The van der Waals surface area contributed by atoms with E-state index in [-0.39, 0.29) is 41.4 Å². The third kappa shape index (κ3) is 5.57. The number of fused-ring (bicyclic) bond motifs is 1. The molecule has 224 valence electrons. The second-order valence-electron chi connectivity index (χ2n) is 10.1. The molecule has 1 amide bonds. The molecule has 3 aromatic carbocycles. The number of aromatic nitrogens is 1. The maximum absolute atomic E-state index is 14.8. The van der Waals surface area contributed by atoms with Crippen LogP contribution >= 0.6 is 0 Å². The SMILES string of the molecule is COc1ccc(CN2Cc3nc(-c4c(F)cccc4F)cc(Nc4ccc(C(C)(O)C(F)(F)F)cc4)c3C2=O)c(OC)c1. The predicted octanol–water partition coefficient (Wildman–Crippen LogP) is 6.71. The van der Waals surface area contributed by atoms with Gasteiger partial charge in [0.25, 0.3) is 5.91 Å². The van der Waals surface area contributed by atoms with Crippen LogP contribution < -0.4 is 14.8 Å². The Hall–Kier alpha value is -4.71. The number of hydrogen-bond donors (Lipinski definition) is 2. The predicted molar refractivity (Wildman–Crippen MR) is 148 cm³/mol. The standard InChI is InChI=1S/C31H26F5N3O4/c1-30(41,31(34,35)36)18-8-10-19(11-9-18)37-24-14-23(27-21(32)5-4-6-22(27)33)38-25-16-39(29(40)28(24)25)15-17-7-12-20(42-2)13-26(17)43-3/h4-14,41H,15-16H2,1-3H3,(H,37,38). The van der Waals surface area contributed by atoms with Gasteiger partial charge < -0.3 is 24.8 Å². The number of carbonyl (C=O) groups excluding carboxylic acids is 1. The van der Waals surface area contributed by atoms with Crippen molar-refractivity contribution in [3.8, 4) is 22.8 Å². The Kier molecular flexibility index (Phi) is 7.74. The molecule has 7 nitrogen and oxygen atoms in total. The van der Waals surface area contributed by atoms with Crippen LogP contribution in [0.2, 0.25) is 0 Å². The van der Waals surface area contributed by atoms with Crippen molar-refractivity contribution in [2.75, 3.05) is 19.5 Å². The van der Waals surface area contributed by atoms with Gasteiger partial charge in [-0.25, -0.2) is 13.8 Å². The van der Waals surface area contributed by atoms with Gasteiger partial charge in [-0.3, -0.25) is 4.79 Å². The van der Waals surface area contributed by atoms with Crippen LogP contribution in [0.1, 0.15) is 34.1 Å². The number of methoxy groups -OCH3 is 2. The second-order valence-corrected chi connectivity index (χ2v) is 10.1. The van der Waals surface area contributed by atoms with Crippen molar-refractivity contribution in [3.63, 3.8) is 0 Å². The molecule has 4 aromatic rings. The monoisotopic (exact) mass is 599 g/mol. The zero-order chi connectivity index (χ0) is 31.1. The number of hydrogen-bond acceptors (Lipinski definition) is 6. The van der Waals surface area contributed by atoms with Gasteiger partial charge in [-0.15, -0.1) is 0 Å². The molecular formula is C31H26F5N3O4. The average molecular weight is 600 g/mol. The molecule has 0 saturated carbocycles. The first kappa shape index (κ1) is 29.8. The molecular weight excluding hydrogens is 573 g/mol. The van der Waals surface area contributed by atoms with Crippen LogP contribution in [0.5, 0.6) is 11.5 Å². The van der Waals surface area contributed by atoms with Gasteiger partial charge in [0.15, 0.2) is 5.60 Å². The van der Waals surface area contributed by atoms with E-state index in [1.54, 1.807) is 18.2 Å². The highest BCUT2D eigenvalue weighted by atomic mass is 19.4. The number of ether oxygens (including phenoxy) is 2. The number of alkyl halides is 3. The molecule has 0 bridgehead atoms. The van der Waals surface area contributed by atoms with Gasteiger partial charge in [-0.2, -0.15) is 13.2 Å². The van der Waals surface area contributed by atoms with Crippen LogP contribution in [0.4, 0.5) is 33.3 Å². The topological polar surface area (TPSA) is 83.9 Å². The molecule has 1 aliphatic rings.